The van der Waals surface area contributed by atoms with Crippen molar-refractivity contribution in [2.75, 3.05) is 6.54 Å². The SMILES string of the molecule is CC(CNC(=O)c1cc2c(F)cccc2[nH]1)CC(=O)O. The van der Waals surface area contributed by atoms with Gasteiger partial charge in [0.1, 0.15) is 11.5 Å². The smallest absolute Gasteiger partial charge is 0.303 e. The van der Waals surface area contributed by atoms with Crippen molar-refractivity contribution in [2.24, 2.45) is 5.92 Å². The highest BCUT2D eigenvalue weighted by Crippen LogP contribution is 2.18. The van der Waals surface area contributed by atoms with Crippen molar-refractivity contribution in [3.8, 4) is 0 Å². The van der Waals surface area contributed by atoms with Gasteiger partial charge in [0.25, 0.3) is 5.91 Å². The number of nitrogens with one attached hydrogen (secondary N) is 2. The predicted molar refractivity (Wildman–Crippen MR) is 72.0 cm³/mol. The molecule has 0 aliphatic heterocycles. The molecule has 1 amide bonds. The Morgan fingerprint density at radius 1 is 1.45 bits per heavy atom. The summed E-state index contributed by atoms with van der Waals surface area (Å²) in [5.41, 5.74) is 0.807. The van der Waals surface area contributed by atoms with Crippen molar-refractivity contribution in [3.05, 3.63) is 35.8 Å². The van der Waals surface area contributed by atoms with E-state index in [9.17, 15) is 14.0 Å². The summed E-state index contributed by atoms with van der Waals surface area (Å²) in [5, 5.41) is 11.6. The maximum atomic E-state index is 13.5. The Hall–Kier alpha value is -2.37. The first-order valence-corrected chi connectivity index (χ1v) is 6.24. The van der Waals surface area contributed by atoms with Crippen molar-refractivity contribution in [1.29, 1.82) is 0 Å². The minimum atomic E-state index is -0.903. The van der Waals surface area contributed by atoms with E-state index in [1.807, 2.05) is 0 Å². The molecule has 3 N–H and O–H groups in total. The molecular weight excluding hydrogens is 263 g/mol. The standard InChI is InChI=1S/C14H15FN2O3/c1-8(5-13(18)19)7-16-14(20)12-6-9-10(15)3-2-4-11(9)17-12/h2-4,6,8,17H,5,7H2,1H3,(H,16,20)(H,18,19). The number of aromatic amines is 1. The Balaban J connectivity index is 2.04. The number of amides is 1. The zero-order valence-electron chi connectivity index (χ0n) is 10.9. The molecule has 0 saturated heterocycles. The highest BCUT2D eigenvalue weighted by molar-refractivity contribution is 5.98. The molecule has 5 nitrogen and oxygen atoms in total. The molecule has 0 spiro atoms. The molecule has 0 fully saturated rings. The quantitative estimate of drug-likeness (QED) is 0.783. The lowest BCUT2D eigenvalue weighted by atomic mass is 10.1. The Morgan fingerprint density at radius 2 is 2.20 bits per heavy atom. The first-order chi connectivity index (χ1) is 9.47. The van der Waals surface area contributed by atoms with Crippen molar-refractivity contribution in [3.63, 3.8) is 0 Å². The third-order valence-corrected chi connectivity index (χ3v) is 2.99. The molecule has 1 heterocycles. The first kappa shape index (κ1) is 14.0. The van der Waals surface area contributed by atoms with Gasteiger partial charge in [-0.25, -0.2) is 4.39 Å². The minimum absolute atomic E-state index is 0.0123. The average molecular weight is 278 g/mol. The second kappa shape index (κ2) is 5.73. The number of carboxylic acids is 1. The summed E-state index contributed by atoms with van der Waals surface area (Å²) in [6, 6.07) is 6.02. The second-order valence-corrected chi connectivity index (χ2v) is 4.80. The van der Waals surface area contributed by atoms with E-state index in [4.69, 9.17) is 5.11 Å². The van der Waals surface area contributed by atoms with E-state index in [2.05, 4.69) is 10.3 Å². The van der Waals surface area contributed by atoms with E-state index in [-0.39, 0.29) is 30.5 Å². The van der Waals surface area contributed by atoms with Crippen molar-refractivity contribution in [2.45, 2.75) is 13.3 Å². The summed E-state index contributed by atoms with van der Waals surface area (Å²) in [4.78, 5) is 25.3. The van der Waals surface area contributed by atoms with E-state index in [1.165, 1.54) is 12.1 Å². The van der Waals surface area contributed by atoms with Crippen LogP contribution in [0.4, 0.5) is 4.39 Å². The molecular formula is C14H15FN2O3. The largest absolute Gasteiger partial charge is 0.481 e. The Morgan fingerprint density at radius 3 is 2.85 bits per heavy atom. The summed E-state index contributed by atoms with van der Waals surface area (Å²) in [6.45, 7) is 1.99. The number of carboxylic acid groups (broad SMARTS) is 1. The normalized spacial score (nSPS) is 12.3. The zero-order valence-corrected chi connectivity index (χ0v) is 10.9. The molecule has 0 aliphatic carbocycles. The van der Waals surface area contributed by atoms with Crippen LogP contribution in [0.25, 0.3) is 10.9 Å². The fraction of sp³-hybridized carbons (Fsp3) is 0.286. The molecule has 1 aromatic carbocycles. The van der Waals surface area contributed by atoms with Gasteiger partial charge < -0.3 is 15.4 Å². The van der Waals surface area contributed by atoms with E-state index in [0.29, 0.717) is 10.9 Å². The van der Waals surface area contributed by atoms with Gasteiger partial charge in [-0.2, -0.15) is 0 Å². The van der Waals surface area contributed by atoms with Gasteiger partial charge >= 0.3 is 5.97 Å². The van der Waals surface area contributed by atoms with Crippen LogP contribution in [-0.2, 0) is 4.79 Å². The van der Waals surface area contributed by atoms with E-state index in [1.54, 1.807) is 19.1 Å². The summed E-state index contributed by atoms with van der Waals surface area (Å²) in [6.07, 6.45) is -0.0123. The number of hydrogen-bond acceptors (Lipinski definition) is 2. The fourth-order valence-electron chi connectivity index (χ4n) is 1.97. The molecule has 2 rings (SSSR count). The van der Waals surface area contributed by atoms with Crippen molar-refractivity contribution < 1.29 is 19.1 Å². The molecule has 6 heteroatoms. The van der Waals surface area contributed by atoms with Crippen LogP contribution in [0.1, 0.15) is 23.8 Å². The number of carbonyl (C=O) groups excluding carboxylic acids is 1. The molecule has 0 radical (unpaired) electrons. The zero-order chi connectivity index (χ0) is 14.7. The Labute approximate surface area is 114 Å². The number of H-pyrrole nitrogens is 1. The first-order valence-electron chi connectivity index (χ1n) is 6.24. The number of hydrogen-bond donors (Lipinski definition) is 3. The molecule has 0 bridgehead atoms. The van der Waals surface area contributed by atoms with Gasteiger partial charge in [-0.15, -0.1) is 0 Å². The summed E-state index contributed by atoms with van der Waals surface area (Å²) in [7, 11) is 0. The van der Waals surface area contributed by atoms with Crippen LogP contribution in [0.15, 0.2) is 24.3 Å². The van der Waals surface area contributed by atoms with Crippen molar-refractivity contribution in [1.82, 2.24) is 10.3 Å². The molecule has 106 valence electrons. The van der Waals surface area contributed by atoms with E-state index in [0.717, 1.165) is 0 Å². The number of benzene rings is 1. The van der Waals surface area contributed by atoms with Crippen molar-refractivity contribution >= 4 is 22.8 Å². The Bertz CT molecular complexity index is 651. The minimum Gasteiger partial charge on any atom is -0.481 e. The molecule has 1 atom stereocenters. The third-order valence-electron chi connectivity index (χ3n) is 2.99. The summed E-state index contributed by atoms with van der Waals surface area (Å²) >= 11 is 0. The van der Waals surface area contributed by atoms with Crippen LogP contribution in [0, 0.1) is 11.7 Å². The monoisotopic (exact) mass is 278 g/mol. The number of aromatic nitrogens is 1. The summed E-state index contributed by atoms with van der Waals surface area (Å²) in [5.74, 6) is -1.84. The molecule has 1 unspecified atom stereocenters. The van der Waals surface area contributed by atoms with Gasteiger partial charge in [0.05, 0.1) is 0 Å². The lowest BCUT2D eigenvalue weighted by Gasteiger charge is -2.09. The second-order valence-electron chi connectivity index (χ2n) is 4.80. The third kappa shape index (κ3) is 3.14. The molecule has 20 heavy (non-hydrogen) atoms. The van der Waals surface area contributed by atoms with Crippen LogP contribution < -0.4 is 5.32 Å². The predicted octanol–water partition coefficient (Wildman–Crippen LogP) is 2.15. The molecule has 2 aromatic rings. The van der Waals surface area contributed by atoms with Crippen LogP contribution in [0.3, 0.4) is 0 Å². The Kier molecular flexibility index (Phi) is 4.02. The maximum absolute atomic E-state index is 13.5. The molecule has 1 aromatic heterocycles. The number of fused-ring (bicyclic) bond motifs is 1. The topological polar surface area (TPSA) is 82.2 Å². The van der Waals surface area contributed by atoms with Gasteiger partial charge in [0.2, 0.25) is 0 Å². The average Bonchev–Trinajstić information content (AvgIpc) is 2.80. The van der Waals surface area contributed by atoms with E-state index >= 15 is 0 Å². The fourth-order valence-corrected chi connectivity index (χ4v) is 1.97. The van der Waals surface area contributed by atoms with Gasteiger partial charge in [0, 0.05) is 23.9 Å². The van der Waals surface area contributed by atoms with Gasteiger partial charge in [-0.05, 0) is 24.1 Å². The highest BCUT2D eigenvalue weighted by Gasteiger charge is 2.13. The van der Waals surface area contributed by atoms with Crippen LogP contribution in [0.5, 0.6) is 0 Å². The highest BCUT2D eigenvalue weighted by atomic mass is 19.1. The number of halogens is 1. The van der Waals surface area contributed by atoms with Crippen LogP contribution in [-0.4, -0.2) is 28.5 Å². The van der Waals surface area contributed by atoms with E-state index < -0.39 is 11.8 Å². The lowest BCUT2D eigenvalue weighted by molar-refractivity contribution is -0.137. The van der Waals surface area contributed by atoms with Gasteiger partial charge in [-0.1, -0.05) is 13.0 Å². The lowest BCUT2D eigenvalue weighted by Crippen LogP contribution is -2.29. The van der Waals surface area contributed by atoms with Crippen LogP contribution >= 0.6 is 0 Å². The van der Waals surface area contributed by atoms with Gasteiger partial charge in [-0.3, -0.25) is 9.59 Å². The number of rotatable bonds is 5. The number of aliphatic carboxylic acids is 1. The maximum Gasteiger partial charge on any atom is 0.303 e. The molecule has 0 aliphatic rings. The summed E-state index contributed by atoms with van der Waals surface area (Å²) < 4.78 is 13.5. The van der Waals surface area contributed by atoms with Gasteiger partial charge in [0.15, 0.2) is 0 Å². The van der Waals surface area contributed by atoms with Crippen LogP contribution in [0.2, 0.25) is 0 Å². The molecule has 0 saturated carbocycles. The number of carbonyl (C=O) groups is 2.